The van der Waals surface area contributed by atoms with Gasteiger partial charge in [-0.05, 0) is 49.9 Å². The van der Waals surface area contributed by atoms with Crippen molar-refractivity contribution in [2.75, 3.05) is 41.7 Å². The molecule has 1 amide bonds. The second-order valence-corrected chi connectivity index (χ2v) is 9.24. The minimum Gasteiger partial charge on any atom is -0.369 e. The van der Waals surface area contributed by atoms with E-state index in [-0.39, 0.29) is 11.8 Å². The van der Waals surface area contributed by atoms with Crippen LogP contribution in [0.4, 0.5) is 22.9 Å². The summed E-state index contributed by atoms with van der Waals surface area (Å²) in [4.78, 5) is 25.0. The summed E-state index contributed by atoms with van der Waals surface area (Å²) in [5, 5.41) is 16.7. The first-order valence-corrected chi connectivity index (χ1v) is 12.2. The second-order valence-electron chi connectivity index (χ2n) is 9.24. The predicted molar refractivity (Wildman–Crippen MR) is 134 cm³/mol. The monoisotopic (exact) mass is 460 g/mol. The molecule has 4 N–H and O–H groups in total. The Hall–Kier alpha value is -3.46. The van der Waals surface area contributed by atoms with E-state index in [1.807, 2.05) is 24.3 Å². The first-order chi connectivity index (χ1) is 16.6. The average Bonchev–Trinajstić information content (AvgIpc) is 3.33. The van der Waals surface area contributed by atoms with Crippen LogP contribution in [-0.2, 0) is 12.8 Å². The van der Waals surface area contributed by atoms with Gasteiger partial charge in [-0.2, -0.15) is 5.10 Å². The molecule has 0 spiro atoms. The van der Waals surface area contributed by atoms with E-state index in [0.717, 1.165) is 86.1 Å². The molecule has 1 aromatic carbocycles. The van der Waals surface area contributed by atoms with Gasteiger partial charge in [-0.15, -0.1) is 0 Å². The van der Waals surface area contributed by atoms with Crippen molar-refractivity contribution < 1.29 is 4.79 Å². The Labute approximate surface area is 199 Å². The number of aryl methyl sites for hydroxylation is 1. The van der Waals surface area contributed by atoms with Crippen molar-refractivity contribution in [1.82, 2.24) is 25.5 Å². The minimum absolute atomic E-state index is 0.226. The summed E-state index contributed by atoms with van der Waals surface area (Å²) in [6, 6.07) is 7.98. The molecule has 9 heteroatoms. The maximum Gasteiger partial charge on any atom is 0.275 e. The van der Waals surface area contributed by atoms with Gasteiger partial charge in [-0.25, -0.2) is 9.97 Å². The molecule has 34 heavy (non-hydrogen) atoms. The molecule has 1 aliphatic heterocycles. The number of carbonyl (C=O) groups excluding carboxylic acids is 1. The third-order valence-corrected chi connectivity index (χ3v) is 6.44. The highest BCUT2D eigenvalue weighted by Crippen LogP contribution is 2.30. The van der Waals surface area contributed by atoms with Crippen LogP contribution in [0.1, 0.15) is 60.2 Å². The smallest absolute Gasteiger partial charge is 0.275 e. The highest BCUT2D eigenvalue weighted by atomic mass is 16.2. The number of H-pyrrole nitrogens is 1. The number of hydrogen-bond donors (Lipinski definition) is 4. The number of benzene rings is 1. The maximum atomic E-state index is 13.1. The second kappa shape index (κ2) is 9.80. The number of fused-ring (bicyclic) bond motifs is 1. The van der Waals surface area contributed by atoms with Gasteiger partial charge in [0.15, 0.2) is 0 Å². The molecule has 1 fully saturated rings. The maximum absolute atomic E-state index is 13.1. The molecule has 178 valence electrons. The summed E-state index contributed by atoms with van der Waals surface area (Å²) in [6.07, 6.45) is 5.81. The SMILES string of the molecule is CC(C)c1nc2c(c(Nc3cn[nH]c3C(=O)Nc3ccc(N4CCNCC4)cc3)n1)CCCC2. The van der Waals surface area contributed by atoms with E-state index in [0.29, 0.717) is 11.4 Å². The molecule has 0 atom stereocenters. The van der Waals surface area contributed by atoms with Crippen LogP contribution < -0.4 is 20.9 Å². The summed E-state index contributed by atoms with van der Waals surface area (Å²) in [5.41, 5.74) is 5.15. The topological polar surface area (TPSA) is 111 Å². The van der Waals surface area contributed by atoms with E-state index in [9.17, 15) is 4.79 Å². The van der Waals surface area contributed by atoms with Crippen LogP contribution in [0.2, 0.25) is 0 Å². The first kappa shape index (κ1) is 22.3. The lowest BCUT2D eigenvalue weighted by molar-refractivity contribution is 0.102. The van der Waals surface area contributed by atoms with E-state index in [4.69, 9.17) is 9.97 Å². The Morgan fingerprint density at radius 2 is 1.82 bits per heavy atom. The zero-order valence-corrected chi connectivity index (χ0v) is 19.8. The molecular weight excluding hydrogens is 428 g/mol. The summed E-state index contributed by atoms with van der Waals surface area (Å²) in [7, 11) is 0. The number of piperazine rings is 1. The number of aromatic amines is 1. The minimum atomic E-state index is -0.248. The lowest BCUT2D eigenvalue weighted by Gasteiger charge is -2.29. The highest BCUT2D eigenvalue weighted by Gasteiger charge is 2.22. The molecule has 2 aliphatic rings. The van der Waals surface area contributed by atoms with Crippen LogP contribution in [0, 0.1) is 0 Å². The molecule has 3 aromatic rings. The van der Waals surface area contributed by atoms with Crippen molar-refractivity contribution >= 4 is 28.8 Å². The van der Waals surface area contributed by atoms with Crippen molar-refractivity contribution in [3.8, 4) is 0 Å². The third-order valence-electron chi connectivity index (χ3n) is 6.44. The van der Waals surface area contributed by atoms with Gasteiger partial charge in [-0.1, -0.05) is 13.8 Å². The van der Waals surface area contributed by atoms with Crippen LogP contribution >= 0.6 is 0 Å². The van der Waals surface area contributed by atoms with E-state index in [2.05, 4.69) is 44.9 Å². The number of carbonyl (C=O) groups is 1. The molecule has 2 aromatic heterocycles. The molecule has 0 unspecified atom stereocenters. The fraction of sp³-hybridized carbons (Fsp3) is 0.440. The van der Waals surface area contributed by atoms with Crippen molar-refractivity contribution in [3.05, 3.63) is 53.2 Å². The first-order valence-electron chi connectivity index (χ1n) is 12.2. The lowest BCUT2D eigenvalue weighted by atomic mass is 9.96. The van der Waals surface area contributed by atoms with E-state index < -0.39 is 0 Å². The predicted octanol–water partition coefficient (Wildman–Crippen LogP) is 3.61. The van der Waals surface area contributed by atoms with Gasteiger partial charge >= 0.3 is 0 Å². The van der Waals surface area contributed by atoms with E-state index >= 15 is 0 Å². The van der Waals surface area contributed by atoms with Crippen molar-refractivity contribution in [3.63, 3.8) is 0 Å². The number of hydrogen-bond acceptors (Lipinski definition) is 7. The number of anilines is 4. The Kier molecular flexibility index (Phi) is 6.44. The number of rotatable bonds is 6. The fourth-order valence-corrected chi connectivity index (χ4v) is 4.53. The Morgan fingerprint density at radius 3 is 2.59 bits per heavy atom. The molecule has 5 rings (SSSR count). The fourth-order valence-electron chi connectivity index (χ4n) is 4.53. The number of amides is 1. The molecule has 1 saturated heterocycles. The van der Waals surface area contributed by atoms with Gasteiger partial charge in [0.05, 0.1) is 11.9 Å². The zero-order chi connectivity index (χ0) is 23.5. The van der Waals surface area contributed by atoms with Crippen molar-refractivity contribution in [2.24, 2.45) is 0 Å². The summed E-state index contributed by atoms with van der Waals surface area (Å²) >= 11 is 0. The molecular formula is C25H32N8O. The molecule has 0 radical (unpaired) electrons. The van der Waals surface area contributed by atoms with Crippen LogP contribution in [0.25, 0.3) is 0 Å². The zero-order valence-electron chi connectivity index (χ0n) is 19.8. The number of nitrogens with one attached hydrogen (secondary N) is 4. The van der Waals surface area contributed by atoms with E-state index in [1.165, 1.54) is 0 Å². The Balaban J connectivity index is 1.33. The molecule has 9 nitrogen and oxygen atoms in total. The van der Waals surface area contributed by atoms with Crippen molar-refractivity contribution in [1.29, 1.82) is 0 Å². The molecule has 1 aliphatic carbocycles. The lowest BCUT2D eigenvalue weighted by Crippen LogP contribution is -2.43. The van der Waals surface area contributed by atoms with Crippen LogP contribution in [0.15, 0.2) is 30.5 Å². The van der Waals surface area contributed by atoms with Gasteiger partial charge in [-0.3, -0.25) is 9.89 Å². The van der Waals surface area contributed by atoms with Crippen LogP contribution in [0.3, 0.4) is 0 Å². The van der Waals surface area contributed by atoms with E-state index in [1.54, 1.807) is 6.20 Å². The standard InChI is InChI=1S/C25H32N8O/c1-16(2)23-29-20-6-4-3-5-19(20)24(31-23)30-21-15-27-32-22(21)25(34)28-17-7-9-18(10-8-17)33-13-11-26-12-14-33/h7-10,15-16,26H,3-6,11-14H2,1-2H3,(H,27,32)(H,28,34)(H,29,30,31). The van der Waals surface area contributed by atoms with Gasteiger partial charge in [0, 0.05) is 54.7 Å². The summed E-state index contributed by atoms with van der Waals surface area (Å²) in [6.45, 7) is 8.14. The number of aromatic nitrogens is 4. The number of nitrogens with zero attached hydrogens (tertiary/aromatic N) is 4. The molecule has 0 saturated carbocycles. The highest BCUT2D eigenvalue weighted by molar-refractivity contribution is 6.06. The summed E-state index contributed by atoms with van der Waals surface area (Å²) in [5.74, 6) is 1.58. The van der Waals surface area contributed by atoms with Crippen LogP contribution in [-0.4, -0.2) is 52.3 Å². The van der Waals surface area contributed by atoms with Crippen molar-refractivity contribution in [2.45, 2.75) is 45.4 Å². The third kappa shape index (κ3) is 4.75. The van der Waals surface area contributed by atoms with Gasteiger partial charge in [0.25, 0.3) is 5.91 Å². The largest absolute Gasteiger partial charge is 0.369 e. The quantitative estimate of drug-likeness (QED) is 0.445. The van der Waals surface area contributed by atoms with Gasteiger partial charge in [0.1, 0.15) is 17.3 Å². The van der Waals surface area contributed by atoms with Crippen LogP contribution in [0.5, 0.6) is 0 Å². The molecule has 3 heterocycles. The van der Waals surface area contributed by atoms with Gasteiger partial charge < -0.3 is 20.9 Å². The average molecular weight is 461 g/mol. The normalized spacial score (nSPS) is 15.8. The molecule has 0 bridgehead atoms. The Bertz CT molecular complexity index is 1150. The summed E-state index contributed by atoms with van der Waals surface area (Å²) < 4.78 is 0. The van der Waals surface area contributed by atoms with Gasteiger partial charge in [0.2, 0.25) is 0 Å². The Morgan fingerprint density at radius 1 is 1.06 bits per heavy atom.